The Morgan fingerprint density at radius 3 is 2.32 bits per heavy atom. The zero-order valence-corrected chi connectivity index (χ0v) is 16.4. The number of rotatable bonds is 4. The maximum absolute atomic E-state index is 12.8. The minimum absolute atomic E-state index is 0.0324. The SMILES string of the molecule is O=S(=O)(NC1C2CCC1Cc1cc(CBr)ccc1C2)c1ccccc1. The molecule has 0 radical (unpaired) electrons. The van der Waals surface area contributed by atoms with Gasteiger partial charge in [-0.1, -0.05) is 52.3 Å². The van der Waals surface area contributed by atoms with Gasteiger partial charge in [-0.25, -0.2) is 13.1 Å². The highest BCUT2D eigenvalue weighted by Crippen LogP contribution is 2.41. The van der Waals surface area contributed by atoms with Crippen LogP contribution in [-0.4, -0.2) is 14.5 Å². The van der Waals surface area contributed by atoms with Crippen molar-refractivity contribution in [3.8, 4) is 0 Å². The molecule has 3 unspecified atom stereocenters. The third kappa shape index (κ3) is 3.42. The Hall–Kier alpha value is -1.17. The maximum atomic E-state index is 12.8. The van der Waals surface area contributed by atoms with Gasteiger partial charge < -0.3 is 0 Å². The van der Waals surface area contributed by atoms with E-state index in [0.717, 1.165) is 31.0 Å². The number of benzene rings is 2. The van der Waals surface area contributed by atoms with E-state index in [4.69, 9.17) is 0 Å². The number of fused-ring (bicyclic) bond motifs is 3. The minimum atomic E-state index is -3.46. The predicted molar refractivity (Wildman–Crippen MR) is 103 cm³/mol. The van der Waals surface area contributed by atoms with Crippen molar-refractivity contribution in [3.05, 3.63) is 65.2 Å². The monoisotopic (exact) mass is 419 g/mol. The molecule has 2 aromatic carbocycles. The average Bonchev–Trinajstić information content (AvgIpc) is 2.89. The van der Waals surface area contributed by atoms with Gasteiger partial charge in [0.25, 0.3) is 0 Å². The molecule has 5 heteroatoms. The standard InChI is InChI=1S/C20H22BrNO2S/c21-13-14-6-7-15-11-16-8-9-17(12-18(15)10-14)20(16)22-25(23,24)19-4-2-1-3-5-19/h1-7,10,16-17,20,22H,8-9,11-13H2. The molecule has 2 aliphatic carbocycles. The Bertz CT molecular complexity index is 867. The van der Waals surface area contributed by atoms with Crippen molar-refractivity contribution in [1.82, 2.24) is 4.72 Å². The van der Waals surface area contributed by atoms with Crippen molar-refractivity contribution < 1.29 is 8.42 Å². The molecule has 0 heterocycles. The van der Waals surface area contributed by atoms with Crippen molar-refractivity contribution in [3.63, 3.8) is 0 Å². The lowest BCUT2D eigenvalue weighted by Crippen LogP contribution is -2.41. The highest BCUT2D eigenvalue weighted by molar-refractivity contribution is 9.08. The lowest BCUT2D eigenvalue weighted by atomic mass is 9.92. The number of alkyl halides is 1. The van der Waals surface area contributed by atoms with Crippen molar-refractivity contribution in [2.24, 2.45) is 11.8 Å². The first-order chi connectivity index (χ1) is 12.1. The third-order valence-electron chi connectivity index (χ3n) is 5.66. The zero-order valence-electron chi connectivity index (χ0n) is 14.0. The van der Waals surface area contributed by atoms with Crippen LogP contribution in [0.25, 0.3) is 0 Å². The van der Waals surface area contributed by atoms with Crippen LogP contribution >= 0.6 is 15.9 Å². The van der Waals surface area contributed by atoms with E-state index >= 15 is 0 Å². The maximum Gasteiger partial charge on any atom is 0.240 e. The normalized spacial score (nSPS) is 25.4. The highest BCUT2D eigenvalue weighted by atomic mass is 79.9. The molecule has 0 aromatic heterocycles. The van der Waals surface area contributed by atoms with Gasteiger partial charge in [-0.05, 0) is 66.3 Å². The van der Waals surface area contributed by atoms with Gasteiger partial charge in [0, 0.05) is 11.4 Å². The molecule has 1 fully saturated rings. The molecule has 1 saturated carbocycles. The van der Waals surface area contributed by atoms with Crippen LogP contribution in [-0.2, 0) is 28.2 Å². The molecule has 0 aliphatic heterocycles. The van der Waals surface area contributed by atoms with E-state index in [-0.39, 0.29) is 6.04 Å². The molecule has 0 saturated heterocycles. The van der Waals surface area contributed by atoms with E-state index in [1.807, 2.05) is 6.07 Å². The van der Waals surface area contributed by atoms with Gasteiger partial charge in [0.05, 0.1) is 4.90 Å². The molecular weight excluding hydrogens is 398 g/mol. The summed E-state index contributed by atoms with van der Waals surface area (Å²) in [6, 6.07) is 15.4. The van der Waals surface area contributed by atoms with Crippen LogP contribution in [0.4, 0.5) is 0 Å². The number of hydrogen-bond acceptors (Lipinski definition) is 2. The van der Waals surface area contributed by atoms with Crippen molar-refractivity contribution in [2.75, 3.05) is 0 Å². The predicted octanol–water partition coefficient (Wildman–Crippen LogP) is 4.05. The summed E-state index contributed by atoms with van der Waals surface area (Å²) in [7, 11) is -3.46. The Balaban J connectivity index is 1.61. The molecule has 4 rings (SSSR count). The quantitative estimate of drug-likeness (QED) is 0.759. The minimum Gasteiger partial charge on any atom is -0.207 e. The number of hydrogen-bond donors (Lipinski definition) is 1. The number of halogens is 1. The second-order valence-corrected chi connectivity index (χ2v) is 9.48. The topological polar surface area (TPSA) is 46.2 Å². The first-order valence-corrected chi connectivity index (χ1v) is 11.4. The van der Waals surface area contributed by atoms with Gasteiger partial charge in [0.2, 0.25) is 10.0 Å². The largest absolute Gasteiger partial charge is 0.240 e. The average molecular weight is 420 g/mol. The van der Waals surface area contributed by atoms with E-state index in [2.05, 4.69) is 38.9 Å². The number of nitrogens with one attached hydrogen (secondary N) is 1. The molecule has 1 N–H and O–H groups in total. The smallest absolute Gasteiger partial charge is 0.207 e. The van der Waals surface area contributed by atoms with Gasteiger partial charge in [-0.2, -0.15) is 0 Å². The molecule has 0 amide bonds. The molecule has 132 valence electrons. The Kier molecular flexibility index (Phi) is 4.73. The molecule has 25 heavy (non-hydrogen) atoms. The van der Waals surface area contributed by atoms with Crippen molar-refractivity contribution in [2.45, 2.75) is 42.0 Å². The van der Waals surface area contributed by atoms with Crippen LogP contribution in [0.2, 0.25) is 0 Å². The zero-order chi connectivity index (χ0) is 17.4. The van der Waals surface area contributed by atoms with Crippen molar-refractivity contribution in [1.29, 1.82) is 0 Å². The summed E-state index contributed by atoms with van der Waals surface area (Å²) in [6.07, 6.45) is 4.14. The molecule has 2 bridgehead atoms. The van der Waals surface area contributed by atoms with Crippen LogP contribution in [0.1, 0.15) is 29.5 Å². The first kappa shape index (κ1) is 17.3. The first-order valence-electron chi connectivity index (χ1n) is 8.81. The third-order valence-corrected chi connectivity index (χ3v) is 7.78. The second kappa shape index (κ2) is 6.86. The summed E-state index contributed by atoms with van der Waals surface area (Å²) < 4.78 is 28.6. The van der Waals surface area contributed by atoms with E-state index in [1.165, 1.54) is 16.7 Å². The summed E-state index contributed by atoms with van der Waals surface area (Å²) in [5, 5.41) is 0.860. The van der Waals surface area contributed by atoms with Crippen molar-refractivity contribution >= 4 is 26.0 Å². The van der Waals surface area contributed by atoms with E-state index in [1.54, 1.807) is 24.3 Å². The number of sulfonamides is 1. The summed E-state index contributed by atoms with van der Waals surface area (Å²) in [6.45, 7) is 0. The van der Waals surface area contributed by atoms with Gasteiger partial charge in [-0.15, -0.1) is 0 Å². The van der Waals surface area contributed by atoms with Gasteiger partial charge >= 0.3 is 0 Å². The highest BCUT2D eigenvalue weighted by Gasteiger charge is 2.41. The summed E-state index contributed by atoms with van der Waals surface area (Å²) in [5.41, 5.74) is 4.08. The van der Waals surface area contributed by atoms with Gasteiger partial charge in [0.15, 0.2) is 0 Å². The van der Waals surface area contributed by atoms with E-state index in [0.29, 0.717) is 16.7 Å². The van der Waals surface area contributed by atoms with Gasteiger partial charge in [-0.3, -0.25) is 0 Å². The summed E-state index contributed by atoms with van der Waals surface area (Å²) in [4.78, 5) is 0.359. The van der Waals surface area contributed by atoms with Crippen LogP contribution in [0.3, 0.4) is 0 Å². The van der Waals surface area contributed by atoms with Crippen LogP contribution in [0, 0.1) is 11.8 Å². The Morgan fingerprint density at radius 1 is 0.960 bits per heavy atom. The molecular formula is C20H22BrNO2S. The lowest BCUT2D eigenvalue weighted by Gasteiger charge is -2.23. The molecule has 0 spiro atoms. The molecule has 3 nitrogen and oxygen atoms in total. The fourth-order valence-corrected chi connectivity index (χ4v) is 6.13. The lowest BCUT2D eigenvalue weighted by molar-refractivity contribution is 0.386. The van der Waals surface area contributed by atoms with Gasteiger partial charge in [0.1, 0.15) is 0 Å². The van der Waals surface area contributed by atoms with Crippen LogP contribution in [0.5, 0.6) is 0 Å². The fourth-order valence-electron chi connectivity index (χ4n) is 4.39. The summed E-state index contributed by atoms with van der Waals surface area (Å²) in [5.74, 6) is 0.773. The van der Waals surface area contributed by atoms with Crippen LogP contribution < -0.4 is 4.72 Å². The molecule has 2 aromatic rings. The van der Waals surface area contributed by atoms with E-state index in [9.17, 15) is 8.42 Å². The molecule has 2 aliphatic rings. The fraction of sp³-hybridized carbons (Fsp3) is 0.400. The molecule has 3 atom stereocenters. The Labute approximate surface area is 158 Å². The Morgan fingerprint density at radius 2 is 1.64 bits per heavy atom. The second-order valence-electron chi connectivity index (χ2n) is 7.20. The summed E-state index contributed by atoms with van der Waals surface area (Å²) >= 11 is 3.53. The van der Waals surface area contributed by atoms with Crippen LogP contribution in [0.15, 0.2) is 53.4 Å². The van der Waals surface area contributed by atoms with E-state index < -0.39 is 10.0 Å².